The molecule has 3 rings (SSSR count). The van der Waals surface area contributed by atoms with Crippen LogP contribution in [0.25, 0.3) is 0 Å². The second kappa shape index (κ2) is 15.7. The van der Waals surface area contributed by atoms with E-state index in [4.69, 9.17) is 4.74 Å². The van der Waals surface area contributed by atoms with E-state index in [2.05, 4.69) is 93.8 Å². The molecule has 2 fully saturated rings. The topological polar surface area (TPSA) is 95.9 Å². The molecular formula is C46H77NO5. The molecular weight excluding hydrogens is 647 g/mol. The Morgan fingerprint density at radius 2 is 1.67 bits per heavy atom. The maximum atomic E-state index is 14.6. The molecule has 0 heterocycles. The minimum absolute atomic E-state index is 0.00314. The number of carbonyl (C=O) groups is 2. The lowest BCUT2D eigenvalue weighted by molar-refractivity contribution is -0.202. The zero-order chi connectivity index (χ0) is 39.8. The maximum Gasteiger partial charge on any atom is 0.309 e. The van der Waals surface area contributed by atoms with Gasteiger partial charge in [-0.25, -0.2) is 0 Å². The van der Waals surface area contributed by atoms with E-state index in [1.165, 1.54) is 5.57 Å². The number of allylic oxidation sites excluding steroid dienone is 4. The van der Waals surface area contributed by atoms with E-state index in [1.54, 1.807) is 13.8 Å². The summed E-state index contributed by atoms with van der Waals surface area (Å²) in [4.78, 5) is 26.4. The Balaban J connectivity index is 1.95. The van der Waals surface area contributed by atoms with Gasteiger partial charge < -0.3 is 20.3 Å². The Labute approximate surface area is 318 Å². The number of rotatable bonds is 15. The van der Waals surface area contributed by atoms with Crippen LogP contribution in [0, 0.1) is 62.1 Å². The molecule has 0 aromatic carbocycles. The average Bonchev–Trinajstić information content (AvgIpc) is 3.02. The van der Waals surface area contributed by atoms with E-state index in [1.807, 2.05) is 19.9 Å². The molecule has 3 N–H and O–H groups in total. The zero-order valence-electron chi connectivity index (χ0n) is 35.7. The number of hydrogen-bond acceptors (Lipinski definition) is 4. The highest BCUT2D eigenvalue weighted by Gasteiger charge is 2.64. The molecule has 0 radical (unpaired) electrons. The zero-order valence-corrected chi connectivity index (χ0v) is 35.7. The monoisotopic (exact) mass is 724 g/mol. The molecule has 0 saturated heterocycles. The highest BCUT2D eigenvalue weighted by molar-refractivity contribution is 5.85. The SMILES string of the molecule is C=C(CC(C)(C)C(=O)O)O[C@H]1CC[C@]2(C)[C@@H](CCC)[C@](C)(C(C)(C)CC[C@@]3(C(=O)N/C(=C/C(C)C)C(=C)O)CC=C(C)[C@@H](C)[C@@H]3C)CC[C@H]2C1(C)C. The van der Waals surface area contributed by atoms with Crippen LogP contribution in [0.4, 0.5) is 0 Å². The van der Waals surface area contributed by atoms with Gasteiger partial charge in [0.1, 0.15) is 11.9 Å². The number of aliphatic carboxylic acids is 1. The van der Waals surface area contributed by atoms with E-state index < -0.39 is 16.8 Å². The van der Waals surface area contributed by atoms with Crippen molar-refractivity contribution in [1.82, 2.24) is 5.32 Å². The van der Waals surface area contributed by atoms with E-state index in [0.29, 0.717) is 36.1 Å². The molecule has 3 aliphatic carbocycles. The normalized spacial score (nSPS) is 33.9. The number of aliphatic hydroxyl groups excluding tert-OH is 1. The van der Waals surface area contributed by atoms with E-state index in [-0.39, 0.29) is 57.2 Å². The van der Waals surface area contributed by atoms with Crippen LogP contribution >= 0.6 is 0 Å². The Kier molecular flexibility index (Phi) is 13.3. The summed E-state index contributed by atoms with van der Waals surface area (Å²) in [6, 6.07) is 0. The molecule has 3 aliphatic rings. The fourth-order valence-corrected chi connectivity index (χ4v) is 11.2. The van der Waals surface area contributed by atoms with Crippen LogP contribution in [0.3, 0.4) is 0 Å². The summed E-state index contributed by atoms with van der Waals surface area (Å²) in [5.41, 5.74) is 0.273. The van der Waals surface area contributed by atoms with Gasteiger partial charge >= 0.3 is 5.97 Å². The molecule has 0 aromatic heterocycles. The molecule has 8 atom stereocenters. The van der Waals surface area contributed by atoms with Gasteiger partial charge in [0, 0.05) is 11.8 Å². The minimum Gasteiger partial charge on any atom is -0.506 e. The molecule has 0 aromatic rings. The fourth-order valence-electron chi connectivity index (χ4n) is 11.2. The molecule has 1 amide bonds. The number of carbonyl (C=O) groups excluding carboxylic acids is 1. The molecule has 6 nitrogen and oxygen atoms in total. The number of carboxylic acids is 1. The summed E-state index contributed by atoms with van der Waals surface area (Å²) < 4.78 is 6.60. The Hall–Kier alpha value is -2.50. The lowest BCUT2D eigenvalue weighted by Crippen LogP contribution is -2.61. The molecule has 0 spiro atoms. The number of carboxylic acid groups (broad SMARTS) is 1. The van der Waals surface area contributed by atoms with Crippen LogP contribution in [-0.2, 0) is 14.3 Å². The third-order valence-corrected chi connectivity index (χ3v) is 15.5. The van der Waals surface area contributed by atoms with Crippen molar-refractivity contribution < 1.29 is 24.5 Å². The van der Waals surface area contributed by atoms with Gasteiger partial charge in [-0.2, -0.15) is 0 Å². The van der Waals surface area contributed by atoms with Crippen molar-refractivity contribution in [3.8, 4) is 0 Å². The summed E-state index contributed by atoms with van der Waals surface area (Å²) in [6.07, 6.45) is 13.4. The van der Waals surface area contributed by atoms with Crippen molar-refractivity contribution in [3.05, 3.63) is 48.1 Å². The quantitative estimate of drug-likeness (QED) is 0.0888. The predicted molar refractivity (Wildman–Crippen MR) is 215 cm³/mol. The number of nitrogens with one attached hydrogen (secondary N) is 1. The number of aliphatic hydroxyl groups is 1. The van der Waals surface area contributed by atoms with Gasteiger partial charge in [0.25, 0.3) is 0 Å². The van der Waals surface area contributed by atoms with E-state index >= 15 is 0 Å². The van der Waals surface area contributed by atoms with E-state index in [0.717, 1.165) is 51.4 Å². The lowest BCUT2D eigenvalue weighted by Gasteiger charge is -2.67. The van der Waals surface area contributed by atoms with Crippen LogP contribution in [-0.4, -0.2) is 28.2 Å². The lowest BCUT2D eigenvalue weighted by atomic mass is 9.38. The number of fused-ring (bicyclic) bond motifs is 1. The summed E-state index contributed by atoms with van der Waals surface area (Å²) in [5, 5.41) is 23.3. The Morgan fingerprint density at radius 3 is 2.21 bits per heavy atom. The highest BCUT2D eigenvalue weighted by Crippen LogP contribution is 2.70. The first-order valence-electron chi connectivity index (χ1n) is 20.4. The van der Waals surface area contributed by atoms with E-state index in [9.17, 15) is 19.8 Å². The predicted octanol–water partition coefficient (Wildman–Crippen LogP) is 12.2. The first-order valence-corrected chi connectivity index (χ1v) is 20.4. The molecule has 0 bridgehead atoms. The molecule has 6 heteroatoms. The fraction of sp³-hybridized carbons (Fsp3) is 0.783. The first kappa shape index (κ1) is 43.9. The molecule has 0 aliphatic heterocycles. The standard InChI is InChI=1S/C46H77NO5/c1-17-18-37-44(15)22-21-38(52-31(5)28-41(9,10)40(50)51)43(13,14)36(44)20-23-45(37,16)42(11,12)25-26-46(24-19-30(4)32(6)33(46)7)39(49)47-35(34(8)48)27-29(2)3/h19,27,29,32-33,36-38,48H,5,8,17-18,20-26,28H2,1-4,6-7,9-16H3,(H,47,49)(H,50,51)/b35-27+/t32-,33+,36+,37-,38+,44+,45-,46+/m1/s1. The van der Waals surface area contributed by atoms with Crippen molar-refractivity contribution in [2.24, 2.45) is 62.1 Å². The smallest absolute Gasteiger partial charge is 0.309 e. The van der Waals surface area contributed by atoms with Crippen LogP contribution in [0.1, 0.15) is 161 Å². The maximum absolute atomic E-state index is 14.6. The molecule has 296 valence electrons. The highest BCUT2D eigenvalue weighted by atomic mass is 16.5. The molecule has 0 unspecified atom stereocenters. The minimum atomic E-state index is -0.919. The molecule has 2 saturated carbocycles. The van der Waals surface area contributed by atoms with Crippen molar-refractivity contribution in [3.63, 3.8) is 0 Å². The van der Waals surface area contributed by atoms with Crippen molar-refractivity contribution >= 4 is 11.9 Å². The van der Waals surface area contributed by atoms with Gasteiger partial charge in [-0.15, -0.1) is 0 Å². The largest absolute Gasteiger partial charge is 0.506 e. The van der Waals surface area contributed by atoms with Crippen LogP contribution in [0.15, 0.2) is 48.1 Å². The third-order valence-electron chi connectivity index (χ3n) is 15.5. The second-order valence-corrected chi connectivity index (χ2v) is 20.2. The van der Waals surface area contributed by atoms with Crippen LogP contribution in [0.2, 0.25) is 0 Å². The van der Waals surface area contributed by atoms with Gasteiger partial charge in [-0.05, 0) is 118 Å². The Bertz CT molecular complexity index is 1420. The van der Waals surface area contributed by atoms with Crippen LogP contribution < -0.4 is 5.32 Å². The van der Waals surface area contributed by atoms with Gasteiger partial charge in [-0.1, -0.05) is 113 Å². The van der Waals surface area contributed by atoms with Gasteiger partial charge in [0.05, 0.1) is 22.3 Å². The molecule has 52 heavy (non-hydrogen) atoms. The van der Waals surface area contributed by atoms with Crippen molar-refractivity contribution in [1.29, 1.82) is 0 Å². The second-order valence-electron chi connectivity index (χ2n) is 20.2. The number of ether oxygens (including phenoxy) is 1. The Morgan fingerprint density at radius 1 is 1.06 bits per heavy atom. The third kappa shape index (κ3) is 8.26. The number of hydrogen-bond donors (Lipinski definition) is 3. The van der Waals surface area contributed by atoms with Gasteiger partial charge in [-0.3, -0.25) is 9.59 Å². The first-order chi connectivity index (χ1) is 23.7. The van der Waals surface area contributed by atoms with Crippen molar-refractivity contribution in [2.45, 2.75) is 167 Å². The summed E-state index contributed by atoms with van der Waals surface area (Å²) in [6.45, 7) is 39.3. The van der Waals surface area contributed by atoms with Gasteiger partial charge in [0.15, 0.2) is 0 Å². The average molecular weight is 724 g/mol. The van der Waals surface area contributed by atoms with Crippen molar-refractivity contribution in [2.75, 3.05) is 0 Å². The summed E-state index contributed by atoms with van der Waals surface area (Å²) in [5.74, 6) is 1.16. The summed E-state index contributed by atoms with van der Waals surface area (Å²) in [7, 11) is 0. The van der Waals surface area contributed by atoms with Gasteiger partial charge in [0.2, 0.25) is 5.91 Å². The summed E-state index contributed by atoms with van der Waals surface area (Å²) >= 11 is 0. The van der Waals surface area contributed by atoms with Crippen LogP contribution in [0.5, 0.6) is 0 Å². The number of amides is 1.